The number of benzene rings is 2. The highest BCUT2D eigenvalue weighted by molar-refractivity contribution is 7.18. The van der Waals surface area contributed by atoms with Gasteiger partial charge < -0.3 is 16.0 Å². The molecule has 1 heterocycles. The van der Waals surface area contributed by atoms with Crippen LogP contribution in [0.1, 0.15) is 32.5 Å². The lowest BCUT2D eigenvalue weighted by Gasteiger charge is -2.06. The van der Waals surface area contributed by atoms with E-state index in [1.807, 2.05) is 25.1 Å². The number of hydrogen-bond acceptors (Lipinski definition) is 4. The molecule has 0 radical (unpaired) electrons. The molecule has 4 N–H and O–H groups in total. The van der Waals surface area contributed by atoms with E-state index in [4.69, 9.17) is 0 Å². The van der Waals surface area contributed by atoms with Crippen molar-refractivity contribution in [3.05, 3.63) is 82.7 Å². The van der Waals surface area contributed by atoms with Gasteiger partial charge in [-0.05, 0) is 48.9 Å². The maximum Gasteiger partial charge on any atom is 0.324 e. The molecule has 0 spiro atoms. The highest BCUT2D eigenvalue weighted by atomic mass is 32.1. The summed E-state index contributed by atoms with van der Waals surface area (Å²) in [7, 11) is 0. The summed E-state index contributed by atoms with van der Waals surface area (Å²) in [6, 6.07) is 19.1. The Labute approximate surface area is 178 Å². The molecule has 154 valence electrons. The maximum atomic E-state index is 12.4. The summed E-state index contributed by atoms with van der Waals surface area (Å²) < 4.78 is 0. The molecule has 3 aromatic rings. The monoisotopic (exact) mass is 422 g/mol. The second-order valence-corrected chi connectivity index (χ2v) is 7.43. The van der Waals surface area contributed by atoms with Crippen LogP contribution in [0.4, 0.5) is 15.5 Å². The number of para-hydroxylation sites is 1. The largest absolute Gasteiger partial charge is 0.352 e. The third kappa shape index (κ3) is 5.92. The first-order valence-electron chi connectivity index (χ1n) is 9.43. The van der Waals surface area contributed by atoms with Crippen molar-refractivity contribution in [2.24, 2.45) is 0 Å². The summed E-state index contributed by atoms with van der Waals surface area (Å²) in [6.45, 7) is 2.77. The van der Waals surface area contributed by atoms with E-state index in [2.05, 4.69) is 21.3 Å². The number of carbonyl (C=O) groups is 3. The van der Waals surface area contributed by atoms with Gasteiger partial charge in [-0.25, -0.2) is 4.79 Å². The van der Waals surface area contributed by atoms with Gasteiger partial charge in [0.25, 0.3) is 11.8 Å². The second-order valence-electron chi connectivity index (χ2n) is 6.35. The van der Waals surface area contributed by atoms with E-state index in [1.54, 1.807) is 48.5 Å². The number of nitrogens with one attached hydrogen (secondary N) is 4. The van der Waals surface area contributed by atoms with Gasteiger partial charge in [0.2, 0.25) is 0 Å². The van der Waals surface area contributed by atoms with Gasteiger partial charge in [0.1, 0.15) is 0 Å². The summed E-state index contributed by atoms with van der Waals surface area (Å²) in [6.07, 6.45) is 0. The molecule has 0 aliphatic rings. The Morgan fingerprint density at radius 2 is 1.53 bits per heavy atom. The van der Waals surface area contributed by atoms with E-state index in [-0.39, 0.29) is 17.8 Å². The van der Waals surface area contributed by atoms with Crippen LogP contribution in [0.15, 0.2) is 66.7 Å². The molecule has 0 aliphatic heterocycles. The van der Waals surface area contributed by atoms with E-state index in [0.29, 0.717) is 34.2 Å². The number of urea groups is 1. The predicted octanol–water partition coefficient (Wildman–Crippen LogP) is 4.07. The average Bonchev–Trinajstić information content (AvgIpc) is 3.21. The fourth-order valence-electron chi connectivity index (χ4n) is 2.63. The summed E-state index contributed by atoms with van der Waals surface area (Å²) in [4.78, 5) is 36.7. The van der Waals surface area contributed by atoms with Gasteiger partial charge in [-0.15, -0.1) is 11.3 Å². The van der Waals surface area contributed by atoms with Gasteiger partial charge in [0.15, 0.2) is 0 Å². The van der Waals surface area contributed by atoms with Crippen LogP contribution in [-0.4, -0.2) is 24.4 Å². The first-order valence-corrected chi connectivity index (χ1v) is 10.2. The highest BCUT2D eigenvalue weighted by Gasteiger charge is 2.11. The third-order valence-corrected chi connectivity index (χ3v) is 5.10. The molecule has 0 fully saturated rings. The predicted molar refractivity (Wildman–Crippen MR) is 119 cm³/mol. The SMILES string of the molecule is CCNC(=O)c1ccc(CNC(=O)c2ccc(NC(=O)Nc3ccccc3)s2)cc1. The van der Waals surface area contributed by atoms with Crippen molar-refractivity contribution in [3.63, 3.8) is 0 Å². The van der Waals surface area contributed by atoms with Crippen LogP contribution in [-0.2, 0) is 6.54 Å². The van der Waals surface area contributed by atoms with E-state index in [9.17, 15) is 14.4 Å². The van der Waals surface area contributed by atoms with Crippen molar-refractivity contribution in [2.75, 3.05) is 17.2 Å². The molecular weight excluding hydrogens is 400 g/mol. The molecule has 8 heteroatoms. The molecule has 1 aromatic heterocycles. The standard InChI is InChI=1S/C22H22N4O3S/c1-2-23-20(27)16-10-8-15(9-11-16)14-24-21(28)18-12-13-19(30-18)26-22(29)25-17-6-4-3-5-7-17/h3-13H,2,14H2,1H3,(H,23,27)(H,24,28)(H2,25,26,29). The van der Waals surface area contributed by atoms with Gasteiger partial charge in [-0.2, -0.15) is 0 Å². The van der Waals surface area contributed by atoms with Crippen molar-refractivity contribution < 1.29 is 14.4 Å². The Kier molecular flexibility index (Phi) is 7.18. The fourth-order valence-corrected chi connectivity index (χ4v) is 3.45. The maximum absolute atomic E-state index is 12.4. The fraction of sp³-hybridized carbons (Fsp3) is 0.136. The summed E-state index contributed by atoms with van der Waals surface area (Å²) in [5.74, 6) is -0.354. The van der Waals surface area contributed by atoms with Crippen molar-refractivity contribution in [2.45, 2.75) is 13.5 Å². The molecular formula is C22H22N4O3S. The zero-order valence-corrected chi connectivity index (χ0v) is 17.2. The molecule has 4 amide bonds. The second kappa shape index (κ2) is 10.2. The minimum atomic E-state index is -0.373. The van der Waals surface area contributed by atoms with Crippen molar-refractivity contribution in [1.82, 2.24) is 10.6 Å². The Morgan fingerprint density at radius 3 is 2.23 bits per heavy atom. The molecule has 0 bridgehead atoms. The van der Waals surface area contributed by atoms with Gasteiger partial charge in [-0.1, -0.05) is 30.3 Å². The Balaban J connectivity index is 1.50. The third-order valence-electron chi connectivity index (χ3n) is 4.10. The summed E-state index contributed by atoms with van der Waals surface area (Å²) in [5.41, 5.74) is 2.14. The van der Waals surface area contributed by atoms with E-state index in [0.717, 1.165) is 5.56 Å². The zero-order valence-electron chi connectivity index (χ0n) is 16.4. The van der Waals surface area contributed by atoms with Crippen molar-refractivity contribution >= 4 is 39.9 Å². The molecule has 2 aromatic carbocycles. The Hall–Kier alpha value is -3.65. The van der Waals surface area contributed by atoms with E-state index >= 15 is 0 Å². The lowest BCUT2D eigenvalue weighted by molar-refractivity contribution is 0.0946. The van der Waals surface area contributed by atoms with Crippen LogP contribution >= 0.6 is 11.3 Å². The number of amides is 4. The van der Waals surface area contributed by atoms with Crippen molar-refractivity contribution in [1.29, 1.82) is 0 Å². The molecule has 0 aliphatic carbocycles. The number of thiophene rings is 1. The van der Waals surface area contributed by atoms with Crippen LogP contribution in [0.3, 0.4) is 0 Å². The van der Waals surface area contributed by atoms with Crippen molar-refractivity contribution in [3.8, 4) is 0 Å². The molecule has 30 heavy (non-hydrogen) atoms. The van der Waals surface area contributed by atoms with E-state index < -0.39 is 0 Å². The molecule has 0 unspecified atom stereocenters. The van der Waals surface area contributed by atoms with Crippen LogP contribution in [0.2, 0.25) is 0 Å². The van der Waals surface area contributed by atoms with Gasteiger partial charge >= 0.3 is 6.03 Å². The molecule has 0 atom stereocenters. The van der Waals surface area contributed by atoms with Gasteiger partial charge in [0, 0.05) is 24.3 Å². The Morgan fingerprint density at radius 1 is 0.800 bits per heavy atom. The molecule has 7 nitrogen and oxygen atoms in total. The summed E-state index contributed by atoms with van der Waals surface area (Å²) in [5, 5.41) is 11.6. The van der Waals surface area contributed by atoms with Crippen LogP contribution in [0.5, 0.6) is 0 Å². The quantitative estimate of drug-likeness (QED) is 0.462. The number of carbonyl (C=O) groups excluding carboxylic acids is 3. The first-order chi connectivity index (χ1) is 14.5. The molecule has 0 saturated heterocycles. The average molecular weight is 423 g/mol. The zero-order chi connectivity index (χ0) is 21.3. The lowest BCUT2D eigenvalue weighted by atomic mass is 10.1. The first kappa shape index (κ1) is 21.1. The lowest BCUT2D eigenvalue weighted by Crippen LogP contribution is -2.23. The molecule has 3 rings (SSSR count). The van der Waals surface area contributed by atoms with Crippen LogP contribution in [0, 0.1) is 0 Å². The van der Waals surface area contributed by atoms with Gasteiger partial charge in [0.05, 0.1) is 9.88 Å². The normalized spacial score (nSPS) is 10.2. The smallest absolute Gasteiger partial charge is 0.324 e. The summed E-state index contributed by atoms with van der Waals surface area (Å²) >= 11 is 1.19. The number of rotatable bonds is 7. The highest BCUT2D eigenvalue weighted by Crippen LogP contribution is 2.22. The number of hydrogen-bond donors (Lipinski definition) is 4. The van der Waals surface area contributed by atoms with E-state index in [1.165, 1.54) is 11.3 Å². The minimum absolute atomic E-state index is 0.122. The Bertz CT molecular complexity index is 1020. The van der Waals surface area contributed by atoms with Gasteiger partial charge in [-0.3, -0.25) is 14.9 Å². The minimum Gasteiger partial charge on any atom is -0.352 e. The van der Waals surface area contributed by atoms with Crippen LogP contribution < -0.4 is 21.3 Å². The number of anilines is 2. The van der Waals surface area contributed by atoms with Crippen LogP contribution in [0.25, 0.3) is 0 Å². The topological polar surface area (TPSA) is 99.3 Å². The molecule has 0 saturated carbocycles.